The maximum atomic E-state index is 10.9. The standard InChI is InChI=1S/C11H20N2O3/c1-7(14)13-9-4-2-8(3-5-9)6-10(12)11(15)16/h8-10H,2-6,12H2,1H3,(H,13,14)(H,15,16)/t8?,9?,10-/m0/s1. The molecule has 0 spiro atoms. The van der Waals surface area contributed by atoms with Gasteiger partial charge in [-0.05, 0) is 38.0 Å². The van der Waals surface area contributed by atoms with Crippen molar-refractivity contribution in [1.29, 1.82) is 0 Å². The van der Waals surface area contributed by atoms with Crippen molar-refractivity contribution in [2.45, 2.75) is 51.1 Å². The number of carboxylic acid groups (broad SMARTS) is 1. The van der Waals surface area contributed by atoms with Crippen molar-refractivity contribution in [3.8, 4) is 0 Å². The second-order valence-electron chi connectivity index (χ2n) is 4.60. The Hall–Kier alpha value is -1.10. The van der Waals surface area contributed by atoms with Crippen LogP contribution in [0.3, 0.4) is 0 Å². The Morgan fingerprint density at radius 3 is 2.38 bits per heavy atom. The molecule has 92 valence electrons. The van der Waals surface area contributed by atoms with E-state index in [1.54, 1.807) is 0 Å². The lowest BCUT2D eigenvalue weighted by Crippen LogP contribution is -2.38. The molecule has 1 fully saturated rings. The number of nitrogens with two attached hydrogens (primary N) is 1. The van der Waals surface area contributed by atoms with Crippen molar-refractivity contribution in [3.05, 3.63) is 0 Å². The molecule has 0 bridgehead atoms. The van der Waals surface area contributed by atoms with Crippen LogP contribution in [-0.2, 0) is 9.59 Å². The van der Waals surface area contributed by atoms with Gasteiger partial charge in [-0.3, -0.25) is 9.59 Å². The Morgan fingerprint density at radius 1 is 1.38 bits per heavy atom. The van der Waals surface area contributed by atoms with Gasteiger partial charge < -0.3 is 16.2 Å². The van der Waals surface area contributed by atoms with Gasteiger partial charge in [-0.15, -0.1) is 0 Å². The van der Waals surface area contributed by atoms with Gasteiger partial charge in [-0.2, -0.15) is 0 Å². The first-order valence-electron chi connectivity index (χ1n) is 5.74. The number of aliphatic carboxylic acids is 1. The minimum absolute atomic E-state index is 0.00527. The maximum absolute atomic E-state index is 10.9. The first-order chi connectivity index (χ1) is 7.49. The van der Waals surface area contributed by atoms with Gasteiger partial charge in [0.05, 0.1) is 0 Å². The molecule has 1 saturated carbocycles. The number of nitrogens with one attached hydrogen (secondary N) is 1. The van der Waals surface area contributed by atoms with E-state index in [0.29, 0.717) is 12.3 Å². The molecular formula is C11H20N2O3. The Morgan fingerprint density at radius 2 is 1.94 bits per heavy atom. The topological polar surface area (TPSA) is 92.4 Å². The van der Waals surface area contributed by atoms with Gasteiger partial charge in [0.25, 0.3) is 0 Å². The normalized spacial score (nSPS) is 27.1. The highest BCUT2D eigenvalue weighted by molar-refractivity contribution is 5.73. The number of amides is 1. The monoisotopic (exact) mass is 228 g/mol. The number of carboxylic acids is 1. The molecule has 0 saturated heterocycles. The summed E-state index contributed by atoms with van der Waals surface area (Å²) in [5, 5.41) is 11.6. The van der Waals surface area contributed by atoms with Crippen molar-refractivity contribution in [2.24, 2.45) is 11.7 Å². The molecule has 1 atom stereocenters. The Kier molecular flexibility index (Phi) is 4.73. The van der Waals surface area contributed by atoms with Gasteiger partial charge in [0, 0.05) is 13.0 Å². The zero-order chi connectivity index (χ0) is 12.1. The molecule has 0 radical (unpaired) electrons. The molecule has 0 unspecified atom stereocenters. The molecule has 4 N–H and O–H groups in total. The summed E-state index contributed by atoms with van der Waals surface area (Å²) in [5.74, 6) is -0.536. The number of hydrogen-bond donors (Lipinski definition) is 3. The summed E-state index contributed by atoms with van der Waals surface area (Å²) in [7, 11) is 0. The summed E-state index contributed by atoms with van der Waals surface area (Å²) >= 11 is 0. The van der Waals surface area contributed by atoms with Crippen LogP contribution in [0, 0.1) is 5.92 Å². The van der Waals surface area contributed by atoms with Gasteiger partial charge in [0.1, 0.15) is 6.04 Å². The molecular weight excluding hydrogens is 208 g/mol. The maximum Gasteiger partial charge on any atom is 0.320 e. The van der Waals surface area contributed by atoms with Crippen LogP contribution < -0.4 is 11.1 Å². The third kappa shape index (κ3) is 4.18. The van der Waals surface area contributed by atoms with E-state index >= 15 is 0 Å². The predicted octanol–water partition coefficient (Wildman–Crippen LogP) is 0.483. The summed E-state index contributed by atoms with van der Waals surface area (Å²) in [6, 6.07) is -0.489. The summed E-state index contributed by atoms with van der Waals surface area (Å²) < 4.78 is 0. The SMILES string of the molecule is CC(=O)NC1CCC(C[C@H](N)C(=O)O)CC1. The molecule has 1 aliphatic carbocycles. The number of hydrogen-bond acceptors (Lipinski definition) is 3. The third-order valence-electron chi connectivity index (χ3n) is 3.16. The quantitative estimate of drug-likeness (QED) is 0.652. The zero-order valence-corrected chi connectivity index (χ0v) is 9.61. The van der Waals surface area contributed by atoms with Crippen LogP contribution in [0.15, 0.2) is 0 Å². The van der Waals surface area contributed by atoms with E-state index in [1.807, 2.05) is 0 Å². The van der Waals surface area contributed by atoms with Crippen molar-refractivity contribution in [3.63, 3.8) is 0 Å². The lowest BCUT2D eigenvalue weighted by Gasteiger charge is -2.29. The van der Waals surface area contributed by atoms with Crippen LogP contribution >= 0.6 is 0 Å². The number of rotatable bonds is 4. The summed E-state index contributed by atoms with van der Waals surface area (Å²) in [4.78, 5) is 21.5. The second kappa shape index (κ2) is 5.84. The molecule has 5 heteroatoms. The molecule has 1 amide bonds. The van der Waals surface area contributed by atoms with Gasteiger partial charge in [0.15, 0.2) is 0 Å². The zero-order valence-electron chi connectivity index (χ0n) is 9.61. The largest absolute Gasteiger partial charge is 0.480 e. The van der Waals surface area contributed by atoms with Crippen molar-refractivity contribution in [2.75, 3.05) is 0 Å². The summed E-state index contributed by atoms with van der Waals surface area (Å²) in [6.45, 7) is 1.52. The third-order valence-corrected chi connectivity index (χ3v) is 3.16. The summed E-state index contributed by atoms with van der Waals surface area (Å²) in [5.41, 5.74) is 5.49. The highest BCUT2D eigenvalue weighted by Crippen LogP contribution is 2.27. The number of carbonyl (C=O) groups is 2. The minimum Gasteiger partial charge on any atom is -0.480 e. The fourth-order valence-electron chi connectivity index (χ4n) is 2.29. The van der Waals surface area contributed by atoms with E-state index in [1.165, 1.54) is 6.92 Å². The molecule has 0 heterocycles. The minimum atomic E-state index is -0.927. The van der Waals surface area contributed by atoms with Crippen molar-refractivity contribution >= 4 is 11.9 Å². The predicted molar refractivity (Wildman–Crippen MR) is 59.8 cm³/mol. The fourth-order valence-corrected chi connectivity index (χ4v) is 2.29. The highest BCUT2D eigenvalue weighted by atomic mass is 16.4. The lowest BCUT2D eigenvalue weighted by atomic mass is 9.82. The Bertz CT molecular complexity index is 260. The molecule has 16 heavy (non-hydrogen) atoms. The molecule has 5 nitrogen and oxygen atoms in total. The van der Waals surface area contributed by atoms with E-state index in [9.17, 15) is 9.59 Å². The van der Waals surface area contributed by atoms with E-state index in [2.05, 4.69) is 5.32 Å². The molecule has 0 aromatic rings. The number of carbonyl (C=O) groups excluding carboxylic acids is 1. The van der Waals surface area contributed by atoms with Crippen LogP contribution in [-0.4, -0.2) is 29.1 Å². The van der Waals surface area contributed by atoms with Crippen LogP contribution in [0.5, 0.6) is 0 Å². The molecule has 1 rings (SSSR count). The van der Waals surface area contributed by atoms with Crippen LogP contribution in [0.2, 0.25) is 0 Å². The van der Waals surface area contributed by atoms with Crippen molar-refractivity contribution in [1.82, 2.24) is 5.32 Å². The average Bonchev–Trinajstić information content (AvgIpc) is 2.20. The Balaban J connectivity index is 2.26. The fraction of sp³-hybridized carbons (Fsp3) is 0.818. The summed E-state index contributed by atoms with van der Waals surface area (Å²) in [6.07, 6.45) is 4.30. The van der Waals surface area contributed by atoms with E-state index in [0.717, 1.165) is 25.7 Å². The van der Waals surface area contributed by atoms with Crippen LogP contribution in [0.1, 0.15) is 39.0 Å². The van der Waals surface area contributed by atoms with Crippen molar-refractivity contribution < 1.29 is 14.7 Å². The van der Waals surface area contributed by atoms with Gasteiger partial charge in [-0.1, -0.05) is 0 Å². The van der Waals surface area contributed by atoms with E-state index < -0.39 is 12.0 Å². The Labute approximate surface area is 95.4 Å². The molecule has 0 aliphatic heterocycles. The van der Waals surface area contributed by atoms with Gasteiger partial charge >= 0.3 is 5.97 Å². The highest BCUT2D eigenvalue weighted by Gasteiger charge is 2.25. The average molecular weight is 228 g/mol. The molecule has 1 aliphatic rings. The smallest absolute Gasteiger partial charge is 0.320 e. The first-order valence-corrected chi connectivity index (χ1v) is 5.74. The van der Waals surface area contributed by atoms with Gasteiger partial charge in [0.2, 0.25) is 5.91 Å². The van der Waals surface area contributed by atoms with E-state index in [-0.39, 0.29) is 11.9 Å². The van der Waals surface area contributed by atoms with Crippen LogP contribution in [0.25, 0.3) is 0 Å². The first kappa shape index (κ1) is 13.0. The van der Waals surface area contributed by atoms with E-state index in [4.69, 9.17) is 10.8 Å². The molecule has 0 aromatic carbocycles. The lowest BCUT2D eigenvalue weighted by molar-refractivity contribution is -0.139. The van der Waals surface area contributed by atoms with Crippen LogP contribution in [0.4, 0.5) is 0 Å². The van der Waals surface area contributed by atoms with Gasteiger partial charge in [-0.25, -0.2) is 0 Å². The molecule has 0 aromatic heterocycles. The second-order valence-corrected chi connectivity index (χ2v) is 4.60.